The van der Waals surface area contributed by atoms with Crippen molar-refractivity contribution in [2.24, 2.45) is 0 Å². The van der Waals surface area contributed by atoms with Crippen molar-refractivity contribution in [1.82, 2.24) is 0 Å². The molecule has 0 aliphatic carbocycles. The molecule has 0 spiro atoms. The van der Waals surface area contributed by atoms with Gasteiger partial charge in [-0.15, -0.1) is 0 Å². The van der Waals surface area contributed by atoms with Gasteiger partial charge in [-0.25, -0.2) is 9.59 Å². The molecule has 1 unspecified atom stereocenters. The lowest BCUT2D eigenvalue weighted by Crippen LogP contribution is -2.50. The molecular formula is C16H24O8. The molecule has 136 valence electrons. The summed E-state index contributed by atoms with van der Waals surface area (Å²) >= 11 is 0. The quantitative estimate of drug-likeness (QED) is 0.350. The fourth-order valence-corrected chi connectivity index (χ4v) is 2.04. The van der Waals surface area contributed by atoms with E-state index in [1.165, 1.54) is 13.0 Å². The second-order valence-electron chi connectivity index (χ2n) is 4.55. The zero-order chi connectivity index (χ0) is 18.8. The molecule has 0 aromatic heterocycles. The van der Waals surface area contributed by atoms with Crippen molar-refractivity contribution in [3.63, 3.8) is 0 Å². The number of carbonyl (C=O) groups is 4. The molecule has 0 fully saturated rings. The standard InChI is InChI=1S/C16H24O8/c1-6-12(14(19)22-8-3)16(24-11(5)17,15(20)23-9-4)10-13(18)21-7-2/h6H,7-10H2,1-5H3. The molecule has 0 rings (SSSR count). The molecular weight excluding hydrogens is 320 g/mol. The highest BCUT2D eigenvalue weighted by molar-refractivity contribution is 6.03. The number of hydrogen-bond donors (Lipinski definition) is 0. The number of hydrogen-bond acceptors (Lipinski definition) is 8. The van der Waals surface area contributed by atoms with Gasteiger partial charge in [-0.2, -0.15) is 0 Å². The van der Waals surface area contributed by atoms with Crippen molar-refractivity contribution in [1.29, 1.82) is 0 Å². The molecule has 8 heteroatoms. The largest absolute Gasteiger partial charge is 0.466 e. The minimum atomic E-state index is -2.25. The van der Waals surface area contributed by atoms with Gasteiger partial charge >= 0.3 is 23.9 Å². The van der Waals surface area contributed by atoms with Crippen LogP contribution in [0.15, 0.2) is 11.6 Å². The first-order valence-electron chi connectivity index (χ1n) is 7.65. The van der Waals surface area contributed by atoms with Crippen LogP contribution in [0.1, 0.15) is 41.0 Å². The van der Waals surface area contributed by atoms with Crippen LogP contribution < -0.4 is 0 Å². The van der Waals surface area contributed by atoms with Crippen LogP contribution in [0.3, 0.4) is 0 Å². The molecule has 0 radical (unpaired) electrons. The summed E-state index contributed by atoms with van der Waals surface area (Å²) in [7, 11) is 0. The van der Waals surface area contributed by atoms with Gasteiger partial charge in [0.05, 0.1) is 25.4 Å². The van der Waals surface area contributed by atoms with Crippen molar-refractivity contribution >= 4 is 23.9 Å². The van der Waals surface area contributed by atoms with E-state index in [2.05, 4.69) is 0 Å². The van der Waals surface area contributed by atoms with Crippen LogP contribution in [0.4, 0.5) is 0 Å². The van der Waals surface area contributed by atoms with Crippen LogP contribution >= 0.6 is 0 Å². The Labute approximate surface area is 141 Å². The van der Waals surface area contributed by atoms with Crippen LogP contribution in [0, 0.1) is 0 Å². The lowest BCUT2D eigenvalue weighted by atomic mass is 9.89. The lowest BCUT2D eigenvalue weighted by Gasteiger charge is -2.31. The van der Waals surface area contributed by atoms with E-state index in [-0.39, 0.29) is 25.4 Å². The molecule has 0 saturated carbocycles. The Morgan fingerprint density at radius 1 is 0.917 bits per heavy atom. The highest BCUT2D eigenvalue weighted by atomic mass is 16.6. The van der Waals surface area contributed by atoms with Gasteiger partial charge in [0.1, 0.15) is 6.42 Å². The van der Waals surface area contributed by atoms with Gasteiger partial charge in [-0.1, -0.05) is 6.08 Å². The predicted octanol–water partition coefficient (Wildman–Crippen LogP) is 1.31. The van der Waals surface area contributed by atoms with Gasteiger partial charge in [0.2, 0.25) is 0 Å². The van der Waals surface area contributed by atoms with E-state index in [0.29, 0.717) is 0 Å². The molecule has 0 aromatic carbocycles. The van der Waals surface area contributed by atoms with Gasteiger partial charge in [0.25, 0.3) is 5.60 Å². The Kier molecular flexibility index (Phi) is 9.37. The minimum Gasteiger partial charge on any atom is -0.466 e. The van der Waals surface area contributed by atoms with Crippen molar-refractivity contribution in [3.05, 3.63) is 11.6 Å². The highest BCUT2D eigenvalue weighted by Crippen LogP contribution is 2.30. The molecule has 1 atom stereocenters. The second kappa shape index (κ2) is 10.4. The molecule has 0 heterocycles. The molecule has 0 N–H and O–H groups in total. The summed E-state index contributed by atoms with van der Waals surface area (Å²) in [6, 6.07) is 0. The third-order valence-electron chi connectivity index (χ3n) is 2.84. The van der Waals surface area contributed by atoms with Crippen LogP contribution in [0.25, 0.3) is 0 Å². The van der Waals surface area contributed by atoms with Crippen molar-refractivity contribution in [2.75, 3.05) is 19.8 Å². The molecule has 0 aromatic rings. The number of allylic oxidation sites excluding steroid dienone is 1. The third kappa shape index (κ3) is 5.68. The smallest absolute Gasteiger partial charge is 0.356 e. The fourth-order valence-electron chi connectivity index (χ4n) is 2.04. The average molecular weight is 344 g/mol. The van der Waals surface area contributed by atoms with Crippen molar-refractivity contribution < 1.29 is 38.1 Å². The first-order valence-corrected chi connectivity index (χ1v) is 7.65. The van der Waals surface area contributed by atoms with Crippen LogP contribution in [0.5, 0.6) is 0 Å². The van der Waals surface area contributed by atoms with E-state index in [4.69, 9.17) is 18.9 Å². The molecule has 24 heavy (non-hydrogen) atoms. The Morgan fingerprint density at radius 3 is 1.88 bits per heavy atom. The van der Waals surface area contributed by atoms with Crippen LogP contribution in [0.2, 0.25) is 0 Å². The fraction of sp³-hybridized carbons (Fsp3) is 0.625. The van der Waals surface area contributed by atoms with E-state index in [0.717, 1.165) is 6.92 Å². The normalized spacial score (nSPS) is 13.5. The molecule has 0 aliphatic rings. The third-order valence-corrected chi connectivity index (χ3v) is 2.84. The molecule has 0 aliphatic heterocycles. The number of rotatable bonds is 9. The van der Waals surface area contributed by atoms with E-state index >= 15 is 0 Å². The second-order valence-corrected chi connectivity index (χ2v) is 4.55. The Morgan fingerprint density at radius 2 is 1.46 bits per heavy atom. The summed E-state index contributed by atoms with van der Waals surface area (Å²) in [5.74, 6) is -3.63. The molecule has 0 amide bonds. The maximum absolute atomic E-state index is 12.5. The molecule has 8 nitrogen and oxygen atoms in total. The van der Waals surface area contributed by atoms with Gasteiger partial charge in [0, 0.05) is 6.92 Å². The summed E-state index contributed by atoms with van der Waals surface area (Å²) in [5.41, 5.74) is -2.55. The zero-order valence-corrected chi connectivity index (χ0v) is 14.7. The number of ether oxygens (including phenoxy) is 4. The predicted molar refractivity (Wildman–Crippen MR) is 82.8 cm³/mol. The lowest BCUT2D eigenvalue weighted by molar-refractivity contribution is -0.182. The maximum Gasteiger partial charge on any atom is 0.356 e. The first kappa shape index (κ1) is 21.6. The van der Waals surface area contributed by atoms with Gasteiger partial charge in [0.15, 0.2) is 0 Å². The number of carbonyl (C=O) groups excluding carboxylic acids is 4. The SMILES string of the molecule is CC=C(C(=O)OCC)C(CC(=O)OCC)(OC(C)=O)C(=O)OCC. The monoisotopic (exact) mass is 344 g/mol. The van der Waals surface area contributed by atoms with E-state index < -0.39 is 35.9 Å². The maximum atomic E-state index is 12.5. The van der Waals surface area contributed by atoms with Gasteiger partial charge < -0.3 is 18.9 Å². The number of esters is 4. The van der Waals surface area contributed by atoms with Crippen molar-refractivity contribution in [2.45, 2.75) is 46.6 Å². The first-order chi connectivity index (χ1) is 11.3. The Hall–Kier alpha value is -2.38. The van der Waals surface area contributed by atoms with Crippen LogP contribution in [-0.2, 0) is 38.1 Å². The van der Waals surface area contributed by atoms with Crippen molar-refractivity contribution in [3.8, 4) is 0 Å². The summed E-state index contributed by atoms with van der Waals surface area (Å²) in [5, 5.41) is 0. The van der Waals surface area contributed by atoms with Gasteiger partial charge in [-0.05, 0) is 27.7 Å². The summed E-state index contributed by atoms with van der Waals surface area (Å²) < 4.78 is 19.8. The van der Waals surface area contributed by atoms with Crippen LogP contribution in [-0.4, -0.2) is 49.3 Å². The summed E-state index contributed by atoms with van der Waals surface area (Å²) in [6.07, 6.45) is 0.550. The zero-order valence-electron chi connectivity index (χ0n) is 14.7. The average Bonchev–Trinajstić information content (AvgIpc) is 2.47. The van der Waals surface area contributed by atoms with E-state index in [9.17, 15) is 19.2 Å². The Bertz CT molecular complexity index is 508. The highest BCUT2D eigenvalue weighted by Gasteiger charge is 2.52. The topological polar surface area (TPSA) is 105 Å². The van der Waals surface area contributed by atoms with E-state index in [1.807, 2.05) is 0 Å². The van der Waals surface area contributed by atoms with Gasteiger partial charge in [-0.3, -0.25) is 9.59 Å². The molecule has 0 saturated heterocycles. The Balaban J connectivity index is 6.12. The molecule has 0 bridgehead atoms. The van der Waals surface area contributed by atoms with E-state index in [1.54, 1.807) is 20.8 Å². The minimum absolute atomic E-state index is 0.0363. The summed E-state index contributed by atoms with van der Waals surface area (Å²) in [4.78, 5) is 48.2. The summed E-state index contributed by atoms with van der Waals surface area (Å²) in [6.45, 7) is 7.26.